The number of H-pyrrole nitrogens is 2. The number of benzene rings is 2. The average Bonchev–Trinajstić information content (AvgIpc) is 3.65. The zero-order valence-corrected chi connectivity index (χ0v) is 27.2. The molecule has 2 amide bonds. The SMILES string of the molecule is Cc1cc2[nH+]c(C(=O)N3CCN(S(=O)(=O)c4ccc5cc(Cl)ccc5c4)CC3CC(=O)NCc3nn[nH]n3)sc2cn1.[I-]. The normalized spacial score (nSPS) is 15.9. The number of carbonyl (C=O) groups is 2. The van der Waals surface area contributed by atoms with Gasteiger partial charge in [-0.2, -0.15) is 14.5 Å². The topological polar surface area (TPSA) is 168 Å². The van der Waals surface area contributed by atoms with Crippen LogP contribution < -0.4 is 34.3 Å². The molecule has 2 aromatic carbocycles. The lowest BCUT2D eigenvalue weighted by Gasteiger charge is -2.39. The fourth-order valence-corrected chi connectivity index (χ4v) is 7.52. The number of amides is 2. The molecule has 4 heterocycles. The van der Waals surface area contributed by atoms with Crippen molar-refractivity contribution in [1.82, 2.24) is 40.1 Å². The second-order valence-electron chi connectivity index (χ2n) is 9.86. The maximum absolute atomic E-state index is 13.8. The molecule has 13 nitrogen and oxygen atoms in total. The maximum Gasteiger partial charge on any atom is 0.330 e. The minimum atomic E-state index is -3.93. The number of pyridine rings is 1. The van der Waals surface area contributed by atoms with Crippen molar-refractivity contribution < 1.29 is 47.0 Å². The van der Waals surface area contributed by atoms with Gasteiger partial charge in [0.25, 0.3) is 0 Å². The lowest BCUT2D eigenvalue weighted by molar-refractivity contribution is -0.343. The zero-order chi connectivity index (χ0) is 29.4. The van der Waals surface area contributed by atoms with Gasteiger partial charge in [0.15, 0.2) is 5.82 Å². The molecule has 0 saturated carbocycles. The first kappa shape index (κ1) is 31.1. The highest BCUT2D eigenvalue weighted by atomic mass is 127. The minimum absolute atomic E-state index is 0. The first-order valence-electron chi connectivity index (χ1n) is 13.0. The molecule has 1 atom stereocenters. The Morgan fingerprint density at radius 2 is 1.95 bits per heavy atom. The van der Waals surface area contributed by atoms with Gasteiger partial charge in [-0.05, 0) is 42.0 Å². The zero-order valence-electron chi connectivity index (χ0n) is 22.6. The highest BCUT2D eigenvalue weighted by molar-refractivity contribution is 7.89. The van der Waals surface area contributed by atoms with Gasteiger partial charge in [0.05, 0.1) is 23.7 Å². The van der Waals surface area contributed by atoms with E-state index in [1.54, 1.807) is 47.5 Å². The van der Waals surface area contributed by atoms with Crippen molar-refractivity contribution >= 4 is 65.8 Å². The number of thiazole rings is 1. The monoisotopic (exact) mass is 753 g/mol. The Kier molecular flexibility index (Phi) is 9.21. The first-order chi connectivity index (χ1) is 20.2. The van der Waals surface area contributed by atoms with Crippen LogP contribution in [-0.4, -0.2) is 80.7 Å². The maximum atomic E-state index is 13.8. The summed E-state index contributed by atoms with van der Waals surface area (Å²) < 4.78 is 29.7. The van der Waals surface area contributed by atoms with Crippen molar-refractivity contribution in [2.45, 2.75) is 30.8 Å². The number of aryl methyl sites for hydroxylation is 1. The highest BCUT2D eigenvalue weighted by Crippen LogP contribution is 2.28. The van der Waals surface area contributed by atoms with Crippen molar-refractivity contribution in [3.8, 4) is 0 Å². The van der Waals surface area contributed by atoms with Gasteiger partial charge in [0.2, 0.25) is 21.4 Å². The molecule has 1 unspecified atom stereocenters. The van der Waals surface area contributed by atoms with E-state index in [2.05, 4.69) is 35.9 Å². The summed E-state index contributed by atoms with van der Waals surface area (Å²) in [5.74, 6) is -0.403. The summed E-state index contributed by atoms with van der Waals surface area (Å²) in [6, 6.07) is 11.2. The molecule has 224 valence electrons. The molecule has 6 rings (SSSR count). The number of nitrogens with one attached hydrogen (secondary N) is 3. The number of tetrazole rings is 1. The third-order valence-corrected chi connectivity index (χ3v) is 10.2. The fraction of sp³-hybridized carbons (Fsp3) is 0.269. The van der Waals surface area contributed by atoms with Crippen LogP contribution in [0.3, 0.4) is 0 Å². The Morgan fingerprint density at radius 1 is 1.16 bits per heavy atom. The number of sulfonamides is 1. The quantitative estimate of drug-likeness (QED) is 0.199. The standard InChI is InChI=1S/C26H24ClN9O4S2.HI/c1-15-8-21-22(12-28-15)41-25(30-21)26(38)36-7-6-35(14-19(36)11-24(37)29-13-23-31-33-34-32-23)42(39,40)20-5-3-16-9-18(27)4-2-17(16)10-20;/h2-5,8-10,12,19H,6-7,11,13-14H2,1H3,(H,29,37)(H,31,32,33,34);1H. The van der Waals surface area contributed by atoms with Crippen LogP contribution in [-0.2, 0) is 21.4 Å². The van der Waals surface area contributed by atoms with Crippen LogP contribution in [0.15, 0.2) is 53.6 Å². The summed E-state index contributed by atoms with van der Waals surface area (Å²) in [5, 5.41) is 18.6. The second-order valence-corrected chi connectivity index (χ2v) is 13.3. The number of halogens is 2. The van der Waals surface area contributed by atoms with Crippen molar-refractivity contribution in [1.29, 1.82) is 0 Å². The summed E-state index contributed by atoms with van der Waals surface area (Å²) in [6.07, 6.45) is 1.57. The first-order valence-corrected chi connectivity index (χ1v) is 15.6. The Hall–Kier alpha value is -3.32. The number of aromatic nitrogens is 6. The second kappa shape index (κ2) is 12.7. The molecule has 0 aliphatic carbocycles. The number of hydrogen-bond acceptors (Lipinski definition) is 9. The van der Waals surface area contributed by atoms with Crippen LogP contribution >= 0.6 is 22.9 Å². The van der Waals surface area contributed by atoms with Crippen LogP contribution in [0, 0.1) is 6.92 Å². The number of nitrogens with zero attached hydrogens (tertiary/aromatic N) is 6. The number of aromatic amines is 2. The molecule has 1 aliphatic heterocycles. The van der Waals surface area contributed by atoms with Gasteiger partial charge in [-0.3, -0.25) is 14.6 Å². The van der Waals surface area contributed by atoms with E-state index >= 15 is 0 Å². The Labute approximate surface area is 272 Å². The van der Waals surface area contributed by atoms with E-state index in [1.165, 1.54) is 15.6 Å². The van der Waals surface area contributed by atoms with Crippen molar-refractivity contribution in [2.75, 3.05) is 19.6 Å². The molecule has 0 bridgehead atoms. The fourth-order valence-electron chi connectivity index (χ4n) is 4.92. The van der Waals surface area contributed by atoms with Crippen molar-refractivity contribution in [3.63, 3.8) is 0 Å². The van der Waals surface area contributed by atoms with Crippen LogP contribution in [0.25, 0.3) is 21.0 Å². The Balaban J connectivity index is 0.00000368. The molecular formula is C26H25ClIN9O4S2. The molecule has 3 aromatic heterocycles. The molecule has 0 spiro atoms. The molecule has 5 aromatic rings. The van der Waals surface area contributed by atoms with Gasteiger partial charge in [0.1, 0.15) is 4.70 Å². The van der Waals surface area contributed by atoms with E-state index in [-0.39, 0.29) is 73.3 Å². The summed E-state index contributed by atoms with van der Waals surface area (Å²) in [4.78, 5) is 35.8. The van der Waals surface area contributed by atoms with Gasteiger partial charge in [0, 0.05) is 42.8 Å². The lowest BCUT2D eigenvalue weighted by Crippen LogP contribution is -3.00. The molecule has 1 aliphatic rings. The molecule has 0 radical (unpaired) electrons. The number of rotatable bonds is 7. The van der Waals surface area contributed by atoms with E-state index in [1.807, 2.05) is 13.0 Å². The Morgan fingerprint density at radius 3 is 2.74 bits per heavy atom. The van der Waals surface area contributed by atoms with E-state index in [9.17, 15) is 18.0 Å². The van der Waals surface area contributed by atoms with Crippen LogP contribution in [0.2, 0.25) is 5.02 Å². The van der Waals surface area contributed by atoms with Crippen molar-refractivity contribution in [2.24, 2.45) is 0 Å². The summed E-state index contributed by atoms with van der Waals surface area (Å²) in [7, 11) is -3.93. The predicted molar refractivity (Wildman–Crippen MR) is 154 cm³/mol. The third kappa shape index (κ3) is 6.62. The van der Waals surface area contributed by atoms with Crippen LogP contribution in [0.4, 0.5) is 0 Å². The lowest BCUT2D eigenvalue weighted by atomic mass is 10.1. The summed E-state index contributed by atoms with van der Waals surface area (Å²) in [5.41, 5.74) is 1.59. The average molecular weight is 754 g/mol. The number of hydrogen-bond donors (Lipinski definition) is 2. The predicted octanol–water partition coefficient (Wildman–Crippen LogP) is -1.04. The number of piperazine rings is 1. The number of fused-ring (bicyclic) bond motifs is 2. The van der Waals surface area contributed by atoms with Crippen LogP contribution in [0.5, 0.6) is 0 Å². The third-order valence-electron chi connectivity index (χ3n) is 7.03. The minimum Gasteiger partial charge on any atom is -1.00 e. The van der Waals surface area contributed by atoms with E-state index in [4.69, 9.17) is 11.6 Å². The van der Waals surface area contributed by atoms with Gasteiger partial charge in [-0.1, -0.05) is 40.3 Å². The van der Waals surface area contributed by atoms with Gasteiger partial charge in [-0.15, -0.1) is 10.2 Å². The van der Waals surface area contributed by atoms with E-state index < -0.39 is 16.1 Å². The van der Waals surface area contributed by atoms with Crippen LogP contribution in [0.1, 0.15) is 27.7 Å². The van der Waals surface area contributed by atoms with E-state index in [0.717, 1.165) is 26.7 Å². The van der Waals surface area contributed by atoms with Gasteiger partial charge in [-0.25, -0.2) is 8.42 Å². The van der Waals surface area contributed by atoms with Gasteiger partial charge < -0.3 is 34.2 Å². The summed E-state index contributed by atoms with van der Waals surface area (Å²) in [6.45, 7) is 2.01. The van der Waals surface area contributed by atoms with E-state index in [0.29, 0.717) is 15.9 Å². The molecule has 43 heavy (non-hydrogen) atoms. The largest absolute Gasteiger partial charge is 1.00 e. The smallest absolute Gasteiger partial charge is 0.330 e. The summed E-state index contributed by atoms with van der Waals surface area (Å²) >= 11 is 7.35. The molecule has 17 heteroatoms. The molecule has 3 N–H and O–H groups in total. The van der Waals surface area contributed by atoms with Gasteiger partial charge >= 0.3 is 10.9 Å². The highest BCUT2D eigenvalue weighted by Gasteiger charge is 2.40. The molecule has 1 saturated heterocycles. The molecule has 1 fully saturated rings. The van der Waals surface area contributed by atoms with Crippen molar-refractivity contribution in [3.05, 3.63) is 70.2 Å². The Bertz CT molecular complexity index is 1920. The number of carbonyl (C=O) groups excluding carboxylic acids is 2. The molecular weight excluding hydrogens is 729 g/mol.